The highest BCUT2D eigenvalue weighted by atomic mass is 19.2. The first-order valence-electron chi connectivity index (χ1n) is 13.4. The Morgan fingerprint density at radius 2 is 1.68 bits per heavy atom. The molecule has 1 fully saturated rings. The minimum atomic E-state index is -1.74. The van der Waals surface area contributed by atoms with Gasteiger partial charge >= 0.3 is 0 Å². The molecule has 1 aromatic carbocycles. The molecule has 1 saturated heterocycles. The lowest BCUT2D eigenvalue weighted by molar-refractivity contribution is -0.127. The number of amides is 1. The average molecular weight is 525 g/mol. The first kappa shape index (κ1) is 30.9. The van der Waals surface area contributed by atoms with Gasteiger partial charge in [-0.25, -0.2) is 4.99 Å². The lowest BCUT2D eigenvalue weighted by Gasteiger charge is -2.35. The van der Waals surface area contributed by atoms with Gasteiger partial charge in [-0.05, 0) is 68.5 Å². The molecular weight excluding hydrogens is 479 g/mol. The van der Waals surface area contributed by atoms with Crippen LogP contribution in [-0.4, -0.2) is 65.5 Å². The number of allylic oxidation sites excluding steroid dienone is 4. The van der Waals surface area contributed by atoms with Gasteiger partial charge in [0.2, 0.25) is 11.8 Å². The number of alkyl halides is 1. The van der Waals surface area contributed by atoms with Crippen LogP contribution >= 0.6 is 0 Å². The number of amidine groups is 1. The molecule has 0 unspecified atom stereocenters. The van der Waals surface area contributed by atoms with Crippen LogP contribution in [-0.2, 0) is 4.79 Å². The molecule has 1 aliphatic heterocycles. The number of carbonyl (C=O) groups is 1. The predicted molar refractivity (Wildman–Crippen MR) is 156 cm³/mol. The number of rotatable bonds is 10. The summed E-state index contributed by atoms with van der Waals surface area (Å²) in [5, 5.41) is 0. The summed E-state index contributed by atoms with van der Waals surface area (Å²) in [5.41, 5.74) is 4.37. The standard InChI is InChI=1S/C31H45FN4O2/c1-10-13-28(26-14-16-27(17-15-26)38-31(7,8)32)24(5)30(34(9)22-23(4)11-2)33-25(6)35-18-20-36(21-19-35)29(37)12-3/h12-17,22H,3,10-11,18-21H2,1-2,4-9H3/b23-22+,28-13-,30-24+,33-25+. The van der Waals surface area contributed by atoms with Gasteiger partial charge in [0.1, 0.15) is 17.4 Å². The Kier molecular flexibility index (Phi) is 11.4. The molecule has 0 spiro atoms. The number of nitrogens with zero attached hydrogens (tertiary/aromatic N) is 4. The molecule has 6 nitrogen and oxygen atoms in total. The van der Waals surface area contributed by atoms with Crippen LogP contribution in [0.2, 0.25) is 0 Å². The van der Waals surface area contributed by atoms with Gasteiger partial charge in [0, 0.05) is 53.3 Å². The number of benzene rings is 1. The molecule has 1 aromatic rings. The Balaban J connectivity index is 2.49. The van der Waals surface area contributed by atoms with E-state index in [1.807, 2.05) is 31.0 Å². The number of hydrogen-bond acceptors (Lipinski definition) is 4. The maximum absolute atomic E-state index is 14.0. The smallest absolute Gasteiger partial charge is 0.246 e. The molecule has 208 valence electrons. The predicted octanol–water partition coefficient (Wildman–Crippen LogP) is 6.79. The second-order valence-corrected chi connectivity index (χ2v) is 10.1. The molecule has 0 aliphatic carbocycles. The molecule has 7 heteroatoms. The highest BCUT2D eigenvalue weighted by molar-refractivity contribution is 5.87. The van der Waals surface area contributed by atoms with E-state index in [1.165, 1.54) is 25.5 Å². The van der Waals surface area contributed by atoms with Crippen molar-refractivity contribution in [2.45, 2.75) is 67.2 Å². The van der Waals surface area contributed by atoms with E-state index in [2.05, 4.69) is 56.3 Å². The van der Waals surface area contributed by atoms with E-state index in [9.17, 15) is 9.18 Å². The Labute approximate surface area is 228 Å². The summed E-state index contributed by atoms with van der Waals surface area (Å²) < 4.78 is 19.3. The van der Waals surface area contributed by atoms with E-state index in [1.54, 1.807) is 12.1 Å². The fourth-order valence-corrected chi connectivity index (χ4v) is 4.31. The monoisotopic (exact) mass is 524 g/mol. The number of aliphatic imine (C=N–C) groups is 1. The van der Waals surface area contributed by atoms with Crippen LogP contribution in [0.5, 0.6) is 5.75 Å². The molecule has 1 aliphatic rings. The topological polar surface area (TPSA) is 48.4 Å². The molecular formula is C31H45FN4O2. The zero-order valence-electron chi connectivity index (χ0n) is 24.5. The first-order chi connectivity index (χ1) is 17.9. The van der Waals surface area contributed by atoms with E-state index in [0.29, 0.717) is 18.8 Å². The van der Waals surface area contributed by atoms with Crippen molar-refractivity contribution < 1.29 is 13.9 Å². The van der Waals surface area contributed by atoms with Crippen molar-refractivity contribution in [1.82, 2.24) is 14.7 Å². The summed E-state index contributed by atoms with van der Waals surface area (Å²) in [6, 6.07) is 7.53. The van der Waals surface area contributed by atoms with Gasteiger partial charge in [-0.2, -0.15) is 4.39 Å². The van der Waals surface area contributed by atoms with Crippen LogP contribution in [0.4, 0.5) is 4.39 Å². The number of ether oxygens (including phenoxy) is 1. The molecule has 1 amide bonds. The fourth-order valence-electron chi connectivity index (χ4n) is 4.31. The quantitative estimate of drug-likeness (QED) is 0.146. The summed E-state index contributed by atoms with van der Waals surface area (Å²) in [7, 11) is 2.03. The van der Waals surface area contributed by atoms with E-state index < -0.39 is 5.85 Å². The molecule has 0 radical (unpaired) electrons. The first-order valence-corrected chi connectivity index (χ1v) is 13.4. The van der Waals surface area contributed by atoms with Gasteiger partial charge < -0.3 is 19.4 Å². The van der Waals surface area contributed by atoms with Gasteiger partial charge in [0.15, 0.2) is 0 Å². The minimum Gasteiger partial charge on any atom is -0.459 e. The van der Waals surface area contributed by atoms with Gasteiger partial charge in [0.05, 0.1) is 0 Å². The van der Waals surface area contributed by atoms with Crippen molar-refractivity contribution in [3.05, 3.63) is 71.7 Å². The maximum Gasteiger partial charge on any atom is 0.246 e. The lowest BCUT2D eigenvalue weighted by Crippen LogP contribution is -2.49. The van der Waals surface area contributed by atoms with Gasteiger partial charge in [-0.3, -0.25) is 4.79 Å². The van der Waals surface area contributed by atoms with E-state index >= 15 is 0 Å². The van der Waals surface area contributed by atoms with Crippen LogP contribution in [0.3, 0.4) is 0 Å². The molecule has 0 aromatic heterocycles. The van der Waals surface area contributed by atoms with Crippen molar-refractivity contribution in [2.24, 2.45) is 4.99 Å². The highest BCUT2D eigenvalue weighted by Crippen LogP contribution is 2.30. The van der Waals surface area contributed by atoms with E-state index in [-0.39, 0.29) is 5.91 Å². The van der Waals surface area contributed by atoms with E-state index in [4.69, 9.17) is 9.73 Å². The van der Waals surface area contributed by atoms with Gasteiger partial charge in [-0.1, -0.05) is 44.2 Å². The molecule has 0 atom stereocenters. The molecule has 0 saturated carbocycles. The highest BCUT2D eigenvalue weighted by Gasteiger charge is 2.22. The van der Waals surface area contributed by atoms with E-state index in [0.717, 1.165) is 54.3 Å². The molecule has 1 heterocycles. The van der Waals surface area contributed by atoms with Crippen LogP contribution in [0.1, 0.15) is 66.9 Å². The third-order valence-electron chi connectivity index (χ3n) is 6.47. The summed E-state index contributed by atoms with van der Waals surface area (Å²) in [5.74, 6) is 0.473. The number of hydrogen-bond donors (Lipinski definition) is 0. The third-order valence-corrected chi connectivity index (χ3v) is 6.47. The Morgan fingerprint density at radius 3 is 2.18 bits per heavy atom. The Bertz CT molecular complexity index is 1090. The summed E-state index contributed by atoms with van der Waals surface area (Å²) in [6.45, 7) is 19.6. The zero-order valence-corrected chi connectivity index (χ0v) is 24.5. The molecule has 0 bridgehead atoms. The van der Waals surface area contributed by atoms with Crippen LogP contribution in [0.25, 0.3) is 5.57 Å². The normalized spacial score (nSPS) is 16.3. The van der Waals surface area contributed by atoms with Crippen molar-refractivity contribution in [2.75, 3.05) is 33.2 Å². The SMILES string of the molecule is C=CC(=O)N1CCN(/C(C)=N/C(=C(C)\C(=C\CC)c2ccc(OC(C)(C)F)cc2)N(C)/C=C(\C)CC)CC1. The number of halogens is 1. The van der Waals surface area contributed by atoms with Crippen LogP contribution < -0.4 is 4.74 Å². The molecule has 38 heavy (non-hydrogen) atoms. The fraction of sp³-hybridized carbons (Fsp3) is 0.484. The number of carbonyl (C=O) groups excluding carboxylic acids is 1. The van der Waals surface area contributed by atoms with Gasteiger partial charge in [-0.15, -0.1) is 0 Å². The Hall–Kier alpha value is -3.35. The molecule has 2 rings (SSSR count). The third kappa shape index (κ3) is 8.89. The average Bonchev–Trinajstić information content (AvgIpc) is 2.89. The van der Waals surface area contributed by atoms with Crippen LogP contribution in [0.15, 0.2) is 71.2 Å². The second-order valence-electron chi connectivity index (χ2n) is 10.1. The number of piperazine rings is 1. The largest absolute Gasteiger partial charge is 0.459 e. The van der Waals surface area contributed by atoms with Gasteiger partial charge in [0.25, 0.3) is 0 Å². The Morgan fingerprint density at radius 1 is 1.11 bits per heavy atom. The van der Waals surface area contributed by atoms with Crippen molar-refractivity contribution in [1.29, 1.82) is 0 Å². The summed E-state index contributed by atoms with van der Waals surface area (Å²) in [4.78, 5) is 23.3. The maximum atomic E-state index is 14.0. The molecule has 0 N–H and O–H groups in total. The second kappa shape index (κ2) is 14.0. The van der Waals surface area contributed by atoms with Crippen molar-refractivity contribution >= 4 is 17.3 Å². The summed E-state index contributed by atoms with van der Waals surface area (Å²) in [6.07, 6.45) is 7.49. The lowest BCUT2D eigenvalue weighted by atomic mass is 9.97. The minimum absolute atomic E-state index is 0.0311. The van der Waals surface area contributed by atoms with Crippen molar-refractivity contribution in [3.63, 3.8) is 0 Å². The summed E-state index contributed by atoms with van der Waals surface area (Å²) >= 11 is 0. The van der Waals surface area contributed by atoms with Crippen LogP contribution in [0, 0.1) is 0 Å². The van der Waals surface area contributed by atoms with Crippen molar-refractivity contribution in [3.8, 4) is 5.75 Å². The zero-order chi connectivity index (χ0) is 28.5.